The van der Waals surface area contributed by atoms with Crippen LogP contribution in [0.15, 0.2) is 72.9 Å². The fourth-order valence-electron chi connectivity index (χ4n) is 6.77. The van der Waals surface area contributed by atoms with E-state index in [-0.39, 0.29) is 31.1 Å². The van der Waals surface area contributed by atoms with Gasteiger partial charge in [-0.25, -0.2) is 0 Å². The molecule has 0 spiro atoms. The predicted octanol–water partition coefficient (Wildman–Crippen LogP) is 16.3. The molecule has 0 aliphatic heterocycles. The number of rotatable bonds is 44. The molecule has 0 aromatic heterocycles. The van der Waals surface area contributed by atoms with Crippen molar-refractivity contribution in [3.8, 4) is 0 Å². The van der Waals surface area contributed by atoms with E-state index in [2.05, 4.69) is 93.7 Å². The minimum atomic E-state index is -0.788. The Morgan fingerprint density at radius 3 is 1.20 bits per heavy atom. The van der Waals surface area contributed by atoms with Gasteiger partial charge in [-0.3, -0.25) is 14.4 Å². The van der Waals surface area contributed by atoms with Crippen LogP contribution in [0, 0.1) is 0 Å². The second kappa shape index (κ2) is 48.5. The molecular formula is C54H92O6. The number of hydrogen-bond donors (Lipinski definition) is 0. The Balaban J connectivity index is 4.42. The van der Waals surface area contributed by atoms with Crippen LogP contribution >= 0.6 is 0 Å². The molecule has 0 aliphatic carbocycles. The molecule has 0 bridgehead atoms. The fourth-order valence-corrected chi connectivity index (χ4v) is 6.77. The van der Waals surface area contributed by atoms with Crippen molar-refractivity contribution in [1.82, 2.24) is 0 Å². The lowest BCUT2D eigenvalue weighted by Crippen LogP contribution is -2.30. The van der Waals surface area contributed by atoms with Crippen molar-refractivity contribution in [1.29, 1.82) is 0 Å². The third-order valence-electron chi connectivity index (χ3n) is 10.5. The molecule has 1 atom stereocenters. The molecule has 0 fully saturated rings. The Hall–Kier alpha value is -3.15. The first-order chi connectivity index (χ1) is 29.5. The first-order valence-electron chi connectivity index (χ1n) is 25.0. The third kappa shape index (κ3) is 45.9. The minimum absolute atomic E-state index is 0.0879. The highest BCUT2D eigenvalue weighted by Gasteiger charge is 2.19. The molecule has 6 nitrogen and oxygen atoms in total. The van der Waals surface area contributed by atoms with Gasteiger partial charge in [0.05, 0.1) is 0 Å². The Labute approximate surface area is 370 Å². The van der Waals surface area contributed by atoms with Crippen LogP contribution in [0.2, 0.25) is 0 Å². The van der Waals surface area contributed by atoms with Gasteiger partial charge in [-0.1, -0.05) is 196 Å². The van der Waals surface area contributed by atoms with Crippen LogP contribution in [0.5, 0.6) is 0 Å². The van der Waals surface area contributed by atoms with Crippen LogP contribution in [0.4, 0.5) is 0 Å². The molecule has 344 valence electrons. The van der Waals surface area contributed by atoms with E-state index in [4.69, 9.17) is 14.2 Å². The first kappa shape index (κ1) is 56.9. The van der Waals surface area contributed by atoms with Crippen molar-refractivity contribution < 1.29 is 28.6 Å². The van der Waals surface area contributed by atoms with E-state index in [0.717, 1.165) is 103 Å². The minimum Gasteiger partial charge on any atom is -0.462 e. The Morgan fingerprint density at radius 2 is 0.733 bits per heavy atom. The first-order valence-corrected chi connectivity index (χ1v) is 25.0. The van der Waals surface area contributed by atoms with Gasteiger partial charge in [-0.15, -0.1) is 0 Å². The number of carbonyl (C=O) groups is 3. The zero-order valence-electron chi connectivity index (χ0n) is 39.2. The average Bonchev–Trinajstić information content (AvgIpc) is 3.24. The average molecular weight is 837 g/mol. The van der Waals surface area contributed by atoms with Crippen LogP contribution in [-0.2, 0) is 28.6 Å². The number of hydrogen-bond acceptors (Lipinski definition) is 6. The van der Waals surface area contributed by atoms with Gasteiger partial charge in [0, 0.05) is 19.3 Å². The highest BCUT2D eigenvalue weighted by atomic mass is 16.6. The summed E-state index contributed by atoms with van der Waals surface area (Å²) in [4.78, 5) is 37.9. The SMILES string of the molecule is CC/C=C/C=C/C=C/CCCCCCCC(=O)OCC(COC(=O)CCCCCCCCC/C=C/CCCCCC)OC(=O)CCCCCCCCC/C=C/C/C=C/CC. The van der Waals surface area contributed by atoms with E-state index < -0.39 is 6.10 Å². The topological polar surface area (TPSA) is 78.9 Å². The normalized spacial score (nSPS) is 12.7. The molecular weight excluding hydrogens is 745 g/mol. The summed E-state index contributed by atoms with van der Waals surface area (Å²) in [5, 5.41) is 0. The second-order valence-electron chi connectivity index (χ2n) is 16.4. The molecule has 0 N–H and O–H groups in total. The van der Waals surface area contributed by atoms with Crippen LogP contribution in [0.3, 0.4) is 0 Å². The summed E-state index contributed by atoms with van der Waals surface area (Å²) in [6, 6.07) is 0. The summed E-state index contributed by atoms with van der Waals surface area (Å²) in [5.41, 5.74) is 0. The van der Waals surface area contributed by atoms with E-state index in [1.54, 1.807) is 0 Å². The maximum atomic E-state index is 12.8. The number of ether oxygens (including phenoxy) is 3. The molecule has 1 unspecified atom stereocenters. The zero-order valence-corrected chi connectivity index (χ0v) is 39.2. The van der Waals surface area contributed by atoms with Crippen LogP contribution in [-0.4, -0.2) is 37.2 Å². The molecule has 0 saturated carbocycles. The highest BCUT2D eigenvalue weighted by molar-refractivity contribution is 5.71. The summed E-state index contributed by atoms with van der Waals surface area (Å²) in [6.45, 7) is 6.36. The van der Waals surface area contributed by atoms with Crippen LogP contribution in [0.25, 0.3) is 0 Å². The maximum absolute atomic E-state index is 12.8. The molecule has 0 saturated heterocycles. The number of unbranched alkanes of at least 4 members (excludes halogenated alkanes) is 23. The summed E-state index contributed by atoms with van der Waals surface area (Å²) < 4.78 is 16.8. The lowest BCUT2D eigenvalue weighted by Gasteiger charge is -2.18. The Bertz CT molecular complexity index is 1140. The summed E-state index contributed by atoms with van der Waals surface area (Å²) in [6.07, 6.45) is 60.2. The molecule has 6 heteroatoms. The van der Waals surface area contributed by atoms with Crippen LogP contribution in [0.1, 0.15) is 233 Å². The van der Waals surface area contributed by atoms with E-state index in [9.17, 15) is 14.4 Å². The second-order valence-corrected chi connectivity index (χ2v) is 16.4. The molecule has 0 heterocycles. The van der Waals surface area contributed by atoms with Gasteiger partial charge in [0.15, 0.2) is 6.10 Å². The molecule has 0 aromatic carbocycles. The number of carbonyl (C=O) groups excluding carboxylic acids is 3. The summed E-state index contributed by atoms with van der Waals surface area (Å²) in [7, 11) is 0. The standard InChI is InChI=1S/C54H92O6/c1-4-7-10-13-16-19-22-25-27-30-32-35-38-41-44-47-53(56)59-50-51(49-58-52(55)46-43-40-37-34-31-28-24-21-18-15-12-9-6-3)60-54(57)48-45-42-39-36-33-29-26-23-20-17-14-11-8-5-2/h8-9,11-12,15,17-22,24,51H,4-7,10,13-14,16,23,25-50H2,1-3H3/b11-8+,12-9+,18-15+,20-17+,22-19+,24-21+. The predicted molar refractivity (Wildman–Crippen MR) is 256 cm³/mol. The van der Waals surface area contributed by atoms with E-state index in [1.807, 2.05) is 0 Å². The largest absolute Gasteiger partial charge is 0.462 e. The van der Waals surface area contributed by atoms with Gasteiger partial charge in [0.2, 0.25) is 0 Å². The molecule has 0 aromatic rings. The maximum Gasteiger partial charge on any atom is 0.306 e. The lowest BCUT2D eigenvalue weighted by molar-refractivity contribution is -0.167. The quantitative estimate of drug-likeness (QED) is 0.0200. The fraction of sp³-hybridized carbons (Fsp3) is 0.722. The molecule has 60 heavy (non-hydrogen) atoms. The van der Waals surface area contributed by atoms with Crippen molar-refractivity contribution >= 4 is 17.9 Å². The van der Waals surface area contributed by atoms with Gasteiger partial charge in [-0.05, 0) is 89.9 Å². The monoisotopic (exact) mass is 837 g/mol. The van der Waals surface area contributed by atoms with Crippen molar-refractivity contribution in [3.63, 3.8) is 0 Å². The van der Waals surface area contributed by atoms with E-state index in [1.165, 1.54) is 89.9 Å². The van der Waals surface area contributed by atoms with Crippen molar-refractivity contribution in [3.05, 3.63) is 72.9 Å². The van der Waals surface area contributed by atoms with E-state index in [0.29, 0.717) is 19.3 Å². The lowest BCUT2D eigenvalue weighted by atomic mass is 10.1. The third-order valence-corrected chi connectivity index (χ3v) is 10.5. The Morgan fingerprint density at radius 1 is 0.367 bits per heavy atom. The number of esters is 3. The summed E-state index contributed by atoms with van der Waals surface area (Å²) >= 11 is 0. The smallest absolute Gasteiger partial charge is 0.306 e. The van der Waals surface area contributed by atoms with Gasteiger partial charge in [0.1, 0.15) is 13.2 Å². The van der Waals surface area contributed by atoms with Gasteiger partial charge in [0.25, 0.3) is 0 Å². The highest BCUT2D eigenvalue weighted by Crippen LogP contribution is 2.14. The molecule has 0 aliphatic rings. The van der Waals surface area contributed by atoms with Crippen molar-refractivity contribution in [2.45, 2.75) is 239 Å². The van der Waals surface area contributed by atoms with Gasteiger partial charge in [-0.2, -0.15) is 0 Å². The van der Waals surface area contributed by atoms with Crippen LogP contribution < -0.4 is 0 Å². The molecule has 0 amide bonds. The Kier molecular flexibility index (Phi) is 46.0. The molecule has 0 radical (unpaired) electrons. The van der Waals surface area contributed by atoms with Gasteiger partial charge < -0.3 is 14.2 Å². The van der Waals surface area contributed by atoms with E-state index >= 15 is 0 Å². The zero-order chi connectivity index (χ0) is 43.7. The van der Waals surface area contributed by atoms with Crippen molar-refractivity contribution in [2.24, 2.45) is 0 Å². The number of allylic oxidation sites excluding steroid dienone is 12. The summed E-state index contributed by atoms with van der Waals surface area (Å²) in [5.74, 6) is -0.922. The van der Waals surface area contributed by atoms with Gasteiger partial charge >= 0.3 is 17.9 Å². The van der Waals surface area contributed by atoms with Crippen molar-refractivity contribution in [2.75, 3.05) is 13.2 Å². The molecule has 0 rings (SSSR count).